The van der Waals surface area contributed by atoms with Gasteiger partial charge in [0.1, 0.15) is 0 Å². The first kappa shape index (κ1) is 13.4. The van der Waals surface area contributed by atoms with Gasteiger partial charge in [0.05, 0.1) is 0 Å². The molecule has 0 radical (unpaired) electrons. The van der Waals surface area contributed by atoms with Gasteiger partial charge in [-0.1, -0.05) is 33.6 Å². The molecule has 1 heterocycles. The Bertz CT molecular complexity index is 663. The van der Waals surface area contributed by atoms with Crippen molar-refractivity contribution >= 4 is 27.5 Å². The summed E-state index contributed by atoms with van der Waals surface area (Å²) in [6, 6.07) is 14.1. The van der Waals surface area contributed by atoms with E-state index in [0.29, 0.717) is 0 Å². The van der Waals surface area contributed by atoms with E-state index in [0.717, 1.165) is 22.1 Å². The molecule has 0 aliphatic carbocycles. The quantitative estimate of drug-likeness (QED) is 0.761. The number of carbonyl (C=O) groups is 1. The monoisotopic (exact) mass is 329 g/mol. The zero-order chi connectivity index (χ0) is 14.3. The van der Waals surface area contributed by atoms with E-state index in [4.69, 9.17) is 0 Å². The molecule has 2 aromatic carbocycles. The van der Waals surface area contributed by atoms with E-state index in [1.54, 1.807) is 0 Å². The molecule has 20 heavy (non-hydrogen) atoms. The van der Waals surface area contributed by atoms with Gasteiger partial charge in [-0.25, -0.2) is 0 Å². The fourth-order valence-electron chi connectivity index (χ4n) is 2.74. The first-order valence-corrected chi connectivity index (χ1v) is 7.54. The van der Waals surface area contributed by atoms with Crippen LogP contribution in [0, 0.1) is 6.92 Å². The Morgan fingerprint density at radius 2 is 1.90 bits per heavy atom. The molecule has 1 aliphatic rings. The standard InChI is InChI=1S/C17H16BrNO/c1-11-3-5-13(6-4-11)17(20)19-12(2)9-14-10-15(18)7-8-16(14)19/h3-8,10,12H,9H2,1-2H3. The number of amides is 1. The number of hydrogen-bond donors (Lipinski definition) is 0. The molecular formula is C17H16BrNO. The molecule has 1 atom stereocenters. The highest BCUT2D eigenvalue weighted by atomic mass is 79.9. The van der Waals surface area contributed by atoms with Crippen LogP contribution in [0.25, 0.3) is 0 Å². The Morgan fingerprint density at radius 1 is 1.20 bits per heavy atom. The lowest BCUT2D eigenvalue weighted by atomic mass is 10.1. The fourth-order valence-corrected chi connectivity index (χ4v) is 3.15. The fraction of sp³-hybridized carbons (Fsp3) is 0.235. The maximum absolute atomic E-state index is 12.7. The minimum absolute atomic E-state index is 0.0820. The molecule has 1 amide bonds. The number of nitrogens with zero attached hydrogens (tertiary/aromatic N) is 1. The van der Waals surface area contributed by atoms with E-state index in [2.05, 4.69) is 28.9 Å². The van der Waals surface area contributed by atoms with E-state index in [9.17, 15) is 4.79 Å². The van der Waals surface area contributed by atoms with Gasteiger partial charge in [-0.05, 0) is 56.2 Å². The van der Waals surface area contributed by atoms with Gasteiger partial charge in [0.15, 0.2) is 0 Å². The van der Waals surface area contributed by atoms with Crippen LogP contribution in [0.4, 0.5) is 5.69 Å². The Balaban J connectivity index is 1.98. The second kappa shape index (κ2) is 5.06. The van der Waals surface area contributed by atoms with Gasteiger partial charge in [-0.3, -0.25) is 4.79 Å². The Morgan fingerprint density at radius 3 is 2.60 bits per heavy atom. The summed E-state index contributed by atoms with van der Waals surface area (Å²) in [6.07, 6.45) is 0.909. The summed E-state index contributed by atoms with van der Waals surface area (Å²) in [6.45, 7) is 4.12. The highest BCUT2D eigenvalue weighted by Gasteiger charge is 2.31. The highest BCUT2D eigenvalue weighted by Crippen LogP contribution is 2.35. The van der Waals surface area contributed by atoms with Crippen LogP contribution in [-0.2, 0) is 6.42 Å². The lowest BCUT2D eigenvalue weighted by Crippen LogP contribution is -2.35. The normalized spacial score (nSPS) is 17.1. The topological polar surface area (TPSA) is 20.3 Å². The van der Waals surface area contributed by atoms with Gasteiger partial charge >= 0.3 is 0 Å². The summed E-state index contributed by atoms with van der Waals surface area (Å²) >= 11 is 3.49. The van der Waals surface area contributed by atoms with Crippen molar-refractivity contribution in [3.05, 3.63) is 63.6 Å². The van der Waals surface area contributed by atoms with E-state index < -0.39 is 0 Å². The molecule has 2 nitrogen and oxygen atoms in total. The van der Waals surface area contributed by atoms with Crippen molar-refractivity contribution < 1.29 is 4.79 Å². The van der Waals surface area contributed by atoms with Crippen LogP contribution in [0.5, 0.6) is 0 Å². The summed E-state index contributed by atoms with van der Waals surface area (Å²) in [5.41, 5.74) is 4.18. The second-order valence-corrected chi connectivity index (χ2v) is 6.28. The van der Waals surface area contributed by atoms with E-state index in [1.165, 1.54) is 11.1 Å². The average Bonchev–Trinajstić information content (AvgIpc) is 2.73. The summed E-state index contributed by atoms with van der Waals surface area (Å²) < 4.78 is 1.06. The molecule has 102 valence electrons. The van der Waals surface area contributed by atoms with Gasteiger partial charge in [0.25, 0.3) is 5.91 Å². The minimum atomic E-state index is 0.0820. The molecule has 0 bridgehead atoms. The summed E-state index contributed by atoms with van der Waals surface area (Å²) in [5, 5.41) is 0. The number of rotatable bonds is 1. The molecule has 3 rings (SSSR count). The van der Waals surface area contributed by atoms with Gasteiger partial charge < -0.3 is 4.90 Å². The number of benzene rings is 2. The van der Waals surface area contributed by atoms with Crippen LogP contribution in [-0.4, -0.2) is 11.9 Å². The number of aryl methyl sites for hydroxylation is 1. The molecular weight excluding hydrogens is 314 g/mol. The Kier molecular flexibility index (Phi) is 3.38. The second-order valence-electron chi connectivity index (χ2n) is 5.37. The summed E-state index contributed by atoms with van der Waals surface area (Å²) in [4.78, 5) is 14.6. The molecule has 0 saturated heterocycles. The van der Waals surface area contributed by atoms with Crippen LogP contribution < -0.4 is 4.90 Å². The molecule has 0 spiro atoms. The van der Waals surface area contributed by atoms with Gasteiger partial charge in [-0.15, -0.1) is 0 Å². The van der Waals surface area contributed by atoms with E-state index in [1.807, 2.05) is 48.2 Å². The molecule has 2 aromatic rings. The van der Waals surface area contributed by atoms with E-state index in [-0.39, 0.29) is 11.9 Å². The van der Waals surface area contributed by atoms with Gasteiger partial charge in [0.2, 0.25) is 0 Å². The average molecular weight is 330 g/mol. The number of halogens is 1. The Labute approximate surface area is 127 Å². The lowest BCUT2D eigenvalue weighted by Gasteiger charge is -2.23. The van der Waals surface area contributed by atoms with Crippen LogP contribution in [0.1, 0.15) is 28.4 Å². The zero-order valence-corrected chi connectivity index (χ0v) is 13.1. The highest BCUT2D eigenvalue weighted by molar-refractivity contribution is 9.10. The van der Waals surface area contributed by atoms with Crippen molar-refractivity contribution in [1.82, 2.24) is 0 Å². The smallest absolute Gasteiger partial charge is 0.258 e. The van der Waals surface area contributed by atoms with Crippen molar-refractivity contribution in [2.24, 2.45) is 0 Å². The number of anilines is 1. The van der Waals surface area contributed by atoms with Crippen molar-refractivity contribution in [1.29, 1.82) is 0 Å². The summed E-state index contributed by atoms with van der Waals surface area (Å²) in [7, 11) is 0. The first-order chi connectivity index (χ1) is 9.56. The minimum Gasteiger partial charge on any atom is -0.305 e. The SMILES string of the molecule is Cc1ccc(C(=O)N2c3ccc(Br)cc3CC2C)cc1. The largest absolute Gasteiger partial charge is 0.305 e. The van der Waals surface area contributed by atoms with Crippen LogP contribution in [0.15, 0.2) is 46.9 Å². The molecule has 1 unspecified atom stereocenters. The Hall–Kier alpha value is -1.61. The summed E-state index contributed by atoms with van der Waals surface area (Å²) in [5.74, 6) is 0.0820. The molecule has 3 heteroatoms. The predicted octanol–water partition coefficient (Wildman–Crippen LogP) is 4.35. The van der Waals surface area contributed by atoms with Gasteiger partial charge in [-0.2, -0.15) is 0 Å². The number of hydrogen-bond acceptors (Lipinski definition) is 1. The number of fused-ring (bicyclic) bond motifs is 1. The van der Waals surface area contributed by atoms with Crippen molar-refractivity contribution in [3.8, 4) is 0 Å². The maximum Gasteiger partial charge on any atom is 0.258 e. The van der Waals surface area contributed by atoms with Crippen molar-refractivity contribution in [3.63, 3.8) is 0 Å². The van der Waals surface area contributed by atoms with Crippen LogP contribution in [0.3, 0.4) is 0 Å². The van der Waals surface area contributed by atoms with Crippen molar-refractivity contribution in [2.75, 3.05) is 4.90 Å². The zero-order valence-electron chi connectivity index (χ0n) is 11.6. The molecule has 0 fully saturated rings. The van der Waals surface area contributed by atoms with E-state index >= 15 is 0 Å². The van der Waals surface area contributed by atoms with Crippen LogP contribution >= 0.6 is 15.9 Å². The molecule has 0 saturated carbocycles. The molecule has 0 aromatic heterocycles. The van der Waals surface area contributed by atoms with Gasteiger partial charge in [0, 0.05) is 21.8 Å². The third-order valence-electron chi connectivity index (χ3n) is 3.77. The third kappa shape index (κ3) is 2.27. The first-order valence-electron chi connectivity index (χ1n) is 6.75. The third-order valence-corrected chi connectivity index (χ3v) is 4.27. The number of carbonyl (C=O) groups excluding carboxylic acids is 1. The van der Waals surface area contributed by atoms with Crippen LogP contribution in [0.2, 0.25) is 0 Å². The molecule has 0 N–H and O–H groups in total. The predicted molar refractivity (Wildman–Crippen MR) is 85.3 cm³/mol. The lowest BCUT2D eigenvalue weighted by molar-refractivity contribution is 0.0981. The molecule has 1 aliphatic heterocycles. The van der Waals surface area contributed by atoms with Crippen molar-refractivity contribution in [2.45, 2.75) is 26.3 Å². The maximum atomic E-state index is 12.7.